The maximum absolute atomic E-state index is 10.8. The highest BCUT2D eigenvalue weighted by Crippen LogP contribution is 1.92. The molecule has 0 aliphatic carbocycles. The zero-order valence-corrected chi connectivity index (χ0v) is 7.72. The van der Waals surface area contributed by atoms with Crippen molar-refractivity contribution in [2.45, 2.75) is 13.0 Å². The second-order valence-corrected chi connectivity index (χ2v) is 2.27. The lowest BCUT2D eigenvalue weighted by atomic mass is 10.4. The Kier molecular flexibility index (Phi) is 4.98. The standard InChI is InChI=1S/C8H10O6/c1-5(8(11)12)14-7(10)4-3-6(9)13-2/h3-5H,1-2H3,(H,11,12)/b4-3+/t5-/m0/s1. The van der Waals surface area contributed by atoms with Crippen LogP contribution in [-0.4, -0.2) is 36.2 Å². The van der Waals surface area contributed by atoms with Gasteiger partial charge < -0.3 is 14.6 Å². The molecule has 0 heterocycles. The molecule has 0 unspecified atom stereocenters. The van der Waals surface area contributed by atoms with Crippen molar-refractivity contribution in [1.29, 1.82) is 0 Å². The average molecular weight is 202 g/mol. The molecule has 14 heavy (non-hydrogen) atoms. The zero-order chi connectivity index (χ0) is 11.1. The Balaban J connectivity index is 4.05. The number of methoxy groups -OCH3 is 1. The van der Waals surface area contributed by atoms with E-state index in [0.29, 0.717) is 0 Å². The summed E-state index contributed by atoms with van der Waals surface area (Å²) in [6, 6.07) is 0. The molecule has 0 spiro atoms. The quantitative estimate of drug-likeness (QED) is 0.498. The van der Waals surface area contributed by atoms with E-state index in [1.807, 2.05) is 0 Å². The van der Waals surface area contributed by atoms with Crippen molar-refractivity contribution in [3.63, 3.8) is 0 Å². The highest BCUT2D eigenvalue weighted by molar-refractivity contribution is 5.92. The lowest BCUT2D eigenvalue weighted by Gasteiger charge is -2.05. The molecule has 6 heteroatoms. The van der Waals surface area contributed by atoms with Gasteiger partial charge in [0.1, 0.15) is 0 Å². The zero-order valence-electron chi connectivity index (χ0n) is 7.72. The van der Waals surface area contributed by atoms with E-state index in [4.69, 9.17) is 5.11 Å². The topological polar surface area (TPSA) is 89.9 Å². The molecule has 0 radical (unpaired) electrons. The van der Waals surface area contributed by atoms with E-state index in [-0.39, 0.29) is 0 Å². The Labute approximate surface area is 80.1 Å². The van der Waals surface area contributed by atoms with Crippen LogP contribution in [0.2, 0.25) is 0 Å². The molecule has 0 saturated heterocycles. The number of carboxylic acid groups (broad SMARTS) is 1. The number of esters is 2. The summed E-state index contributed by atoms with van der Waals surface area (Å²) in [5.41, 5.74) is 0. The van der Waals surface area contributed by atoms with Crippen LogP contribution in [-0.2, 0) is 23.9 Å². The van der Waals surface area contributed by atoms with Crippen molar-refractivity contribution >= 4 is 17.9 Å². The predicted octanol–water partition coefficient (Wildman–Crippen LogP) is -0.268. The molecular weight excluding hydrogens is 192 g/mol. The van der Waals surface area contributed by atoms with Gasteiger partial charge in [0, 0.05) is 12.2 Å². The summed E-state index contributed by atoms with van der Waals surface area (Å²) in [6.07, 6.45) is 0.395. The first-order valence-electron chi connectivity index (χ1n) is 3.66. The number of carbonyl (C=O) groups excluding carboxylic acids is 2. The number of carboxylic acids is 1. The Morgan fingerprint density at radius 3 is 2.14 bits per heavy atom. The van der Waals surface area contributed by atoms with Crippen molar-refractivity contribution in [2.24, 2.45) is 0 Å². The maximum Gasteiger partial charge on any atom is 0.344 e. The van der Waals surface area contributed by atoms with Crippen LogP contribution in [0.25, 0.3) is 0 Å². The lowest BCUT2D eigenvalue weighted by molar-refractivity contribution is -0.159. The summed E-state index contributed by atoms with van der Waals surface area (Å²) >= 11 is 0. The van der Waals surface area contributed by atoms with E-state index in [0.717, 1.165) is 19.3 Å². The molecule has 78 valence electrons. The van der Waals surface area contributed by atoms with Gasteiger partial charge >= 0.3 is 17.9 Å². The van der Waals surface area contributed by atoms with Crippen LogP contribution in [0.5, 0.6) is 0 Å². The monoisotopic (exact) mass is 202 g/mol. The predicted molar refractivity (Wildman–Crippen MR) is 44.3 cm³/mol. The first kappa shape index (κ1) is 12.2. The van der Waals surface area contributed by atoms with E-state index in [9.17, 15) is 14.4 Å². The highest BCUT2D eigenvalue weighted by Gasteiger charge is 2.14. The molecule has 0 aliphatic rings. The third kappa shape index (κ3) is 4.91. The molecule has 0 fully saturated rings. The largest absolute Gasteiger partial charge is 0.479 e. The maximum atomic E-state index is 10.8. The number of carbonyl (C=O) groups is 3. The molecule has 1 N–H and O–H groups in total. The van der Waals surface area contributed by atoms with Crippen LogP contribution in [0, 0.1) is 0 Å². The number of ether oxygens (including phenoxy) is 2. The van der Waals surface area contributed by atoms with Crippen molar-refractivity contribution < 1.29 is 29.0 Å². The van der Waals surface area contributed by atoms with E-state index < -0.39 is 24.0 Å². The second kappa shape index (κ2) is 5.74. The van der Waals surface area contributed by atoms with E-state index in [1.165, 1.54) is 6.92 Å². The van der Waals surface area contributed by atoms with Gasteiger partial charge in [-0.15, -0.1) is 0 Å². The van der Waals surface area contributed by atoms with Gasteiger partial charge in [0.15, 0.2) is 6.10 Å². The minimum atomic E-state index is -1.26. The summed E-state index contributed by atoms with van der Waals surface area (Å²) in [4.78, 5) is 31.5. The Morgan fingerprint density at radius 2 is 1.71 bits per heavy atom. The summed E-state index contributed by atoms with van der Waals surface area (Å²) in [5, 5.41) is 8.36. The van der Waals surface area contributed by atoms with Gasteiger partial charge in [-0.1, -0.05) is 0 Å². The number of hydrogen-bond donors (Lipinski definition) is 1. The molecule has 0 aromatic carbocycles. The Morgan fingerprint density at radius 1 is 1.21 bits per heavy atom. The van der Waals surface area contributed by atoms with Gasteiger partial charge in [-0.05, 0) is 6.92 Å². The van der Waals surface area contributed by atoms with Crippen molar-refractivity contribution in [3.8, 4) is 0 Å². The summed E-state index contributed by atoms with van der Waals surface area (Å²) in [6.45, 7) is 1.20. The molecule has 1 atom stereocenters. The van der Waals surface area contributed by atoms with Crippen molar-refractivity contribution in [2.75, 3.05) is 7.11 Å². The highest BCUT2D eigenvalue weighted by atomic mass is 16.6. The van der Waals surface area contributed by atoms with Gasteiger partial charge in [-0.2, -0.15) is 0 Å². The third-order valence-electron chi connectivity index (χ3n) is 1.20. The van der Waals surface area contributed by atoms with E-state index in [1.54, 1.807) is 0 Å². The van der Waals surface area contributed by atoms with Crippen molar-refractivity contribution in [1.82, 2.24) is 0 Å². The fourth-order valence-electron chi connectivity index (χ4n) is 0.468. The van der Waals surface area contributed by atoms with E-state index >= 15 is 0 Å². The summed E-state index contributed by atoms with van der Waals surface area (Å²) in [5.74, 6) is -2.89. The van der Waals surface area contributed by atoms with Crippen molar-refractivity contribution in [3.05, 3.63) is 12.2 Å². The van der Waals surface area contributed by atoms with Gasteiger partial charge in [0.25, 0.3) is 0 Å². The third-order valence-corrected chi connectivity index (χ3v) is 1.20. The summed E-state index contributed by atoms with van der Waals surface area (Å²) < 4.78 is 8.58. The molecule has 0 aromatic rings. The molecule has 0 saturated carbocycles. The SMILES string of the molecule is COC(=O)/C=C/C(=O)O[C@@H](C)C(=O)O. The number of aliphatic carboxylic acids is 1. The van der Waals surface area contributed by atoms with Gasteiger partial charge in [-0.25, -0.2) is 14.4 Å². The average Bonchev–Trinajstić information content (AvgIpc) is 2.13. The van der Waals surface area contributed by atoms with Gasteiger partial charge in [0.2, 0.25) is 0 Å². The molecule has 0 amide bonds. The van der Waals surface area contributed by atoms with Crippen LogP contribution < -0.4 is 0 Å². The minimum Gasteiger partial charge on any atom is -0.479 e. The Bertz CT molecular complexity index is 267. The lowest BCUT2D eigenvalue weighted by Crippen LogP contribution is -2.22. The molecule has 0 aliphatic heterocycles. The molecule has 0 aromatic heterocycles. The molecule has 6 nitrogen and oxygen atoms in total. The van der Waals surface area contributed by atoms with Gasteiger partial charge in [-0.3, -0.25) is 0 Å². The van der Waals surface area contributed by atoms with E-state index in [2.05, 4.69) is 9.47 Å². The smallest absolute Gasteiger partial charge is 0.344 e. The first-order valence-corrected chi connectivity index (χ1v) is 3.66. The van der Waals surface area contributed by atoms with Crippen LogP contribution in [0.15, 0.2) is 12.2 Å². The fraction of sp³-hybridized carbons (Fsp3) is 0.375. The van der Waals surface area contributed by atoms with Crippen LogP contribution in [0.1, 0.15) is 6.92 Å². The van der Waals surface area contributed by atoms with Crippen LogP contribution >= 0.6 is 0 Å². The molecule has 0 bridgehead atoms. The van der Waals surface area contributed by atoms with Crippen LogP contribution in [0.3, 0.4) is 0 Å². The number of hydrogen-bond acceptors (Lipinski definition) is 5. The molecular formula is C8H10O6. The summed E-state index contributed by atoms with van der Waals surface area (Å²) in [7, 11) is 1.15. The molecule has 0 rings (SSSR count). The van der Waals surface area contributed by atoms with Crippen LogP contribution in [0.4, 0.5) is 0 Å². The minimum absolute atomic E-state index is 0.718. The Hall–Kier alpha value is -1.85. The first-order chi connectivity index (χ1) is 6.47. The fourth-order valence-corrected chi connectivity index (χ4v) is 0.468. The van der Waals surface area contributed by atoms with Gasteiger partial charge in [0.05, 0.1) is 7.11 Å². The number of rotatable bonds is 4. The second-order valence-electron chi connectivity index (χ2n) is 2.27. The normalized spacial score (nSPS) is 12.1.